The van der Waals surface area contributed by atoms with Crippen molar-refractivity contribution in [3.05, 3.63) is 30.6 Å². The van der Waals surface area contributed by atoms with Crippen LogP contribution in [0.25, 0.3) is 0 Å². The number of halogens is 1. The van der Waals surface area contributed by atoms with E-state index in [4.69, 9.17) is 9.26 Å². The van der Waals surface area contributed by atoms with E-state index in [1.165, 1.54) is 6.20 Å². The summed E-state index contributed by atoms with van der Waals surface area (Å²) in [5, 5.41) is 28.1. The SMILES string of the molecule is CCC(C)(CCO[C@H]([C@H](O)CO)n1cc(I)c(=O)[nH]c1=O)OP(=O)(O)C(O)(CC)CC. The molecule has 0 bridgehead atoms. The lowest BCUT2D eigenvalue weighted by molar-refractivity contribution is -0.111. The molecule has 180 valence electrons. The van der Waals surface area contributed by atoms with Gasteiger partial charge in [0, 0.05) is 12.6 Å². The zero-order chi connectivity index (χ0) is 24.0. The zero-order valence-electron chi connectivity index (χ0n) is 18.1. The normalized spacial score (nSPS) is 18.2. The molecule has 1 heterocycles. The molecule has 0 aromatic carbocycles. The molecule has 0 saturated carbocycles. The van der Waals surface area contributed by atoms with Gasteiger partial charge in [0.15, 0.2) is 11.6 Å². The predicted octanol–water partition coefficient (Wildman–Crippen LogP) is 1.28. The number of nitrogens with one attached hydrogen (secondary N) is 1. The molecule has 0 fully saturated rings. The van der Waals surface area contributed by atoms with E-state index in [2.05, 4.69) is 4.98 Å². The van der Waals surface area contributed by atoms with Crippen LogP contribution in [0.2, 0.25) is 0 Å². The predicted molar refractivity (Wildman–Crippen MR) is 122 cm³/mol. The van der Waals surface area contributed by atoms with Crippen molar-refractivity contribution in [2.24, 2.45) is 0 Å². The van der Waals surface area contributed by atoms with E-state index in [9.17, 15) is 34.4 Å². The summed E-state index contributed by atoms with van der Waals surface area (Å²) in [4.78, 5) is 36.2. The lowest BCUT2D eigenvalue weighted by atomic mass is 10.0. The van der Waals surface area contributed by atoms with Crippen molar-refractivity contribution in [2.45, 2.75) is 76.7 Å². The van der Waals surface area contributed by atoms with Crippen molar-refractivity contribution < 1.29 is 34.0 Å². The summed E-state index contributed by atoms with van der Waals surface area (Å²) < 4.78 is 25.0. The summed E-state index contributed by atoms with van der Waals surface area (Å²) >= 11 is 1.72. The number of rotatable bonds is 13. The maximum Gasteiger partial charge on any atom is 0.359 e. The van der Waals surface area contributed by atoms with Crippen LogP contribution in [-0.2, 0) is 13.8 Å². The Morgan fingerprint density at radius 3 is 2.32 bits per heavy atom. The fourth-order valence-corrected chi connectivity index (χ4v) is 5.05. The Balaban J connectivity index is 3.04. The van der Waals surface area contributed by atoms with Gasteiger partial charge in [0.1, 0.15) is 6.10 Å². The Morgan fingerprint density at radius 1 is 1.26 bits per heavy atom. The summed E-state index contributed by atoms with van der Waals surface area (Å²) in [6.45, 7) is 5.69. The molecule has 0 saturated heterocycles. The molecule has 2 unspecified atom stereocenters. The number of hydrogen-bond acceptors (Lipinski definition) is 8. The lowest BCUT2D eigenvalue weighted by Gasteiger charge is -2.37. The van der Waals surface area contributed by atoms with Crippen LogP contribution in [0.1, 0.15) is 59.6 Å². The van der Waals surface area contributed by atoms with Crippen LogP contribution in [0.15, 0.2) is 15.8 Å². The second kappa shape index (κ2) is 11.5. The Bertz CT molecular complexity index is 886. The second-order valence-electron chi connectivity index (χ2n) is 7.51. The highest BCUT2D eigenvalue weighted by atomic mass is 127. The molecule has 0 radical (unpaired) electrons. The number of H-pyrrole nitrogens is 1. The topological polar surface area (TPSA) is 171 Å². The molecule has 11 nitrogen and oxygen atoms in total. The van der Waals surface area contributed by atoms with E-state index in [1.54, 1.807) is 50.3 Å². The van der Waals surface area contributed by atoms with Gasteiger partial charge >= 0.3 is 13.3 Å². The number of nitrogens with zero attached hydrogens (tertiary/aromatic N) is 1. The van der Waals surface area contributed by atoms with E-state index < -0.39 is 48.7 Å². The largest absolute Gasteiger partial charge is 0.394 e. The van der Waals surface area contributed by atoms with Crippen LogP contribution in [0, 0.1) is 3.57 Å². The van der Waals surface area contributed by atoms with Crippen molar-refractivity contribution in [1.82, 2.24) is 9.55 Å². The van der Waals surface area contributed by atoms with Gasteiger partial charge in [-0.1, -0.05) is 20.8 Å². The van der Waals surface area contributed by atoms with E-state index >= 15 is 0 Å². The molecule has 0 spiro atoms. The Morgan fingerprint density at radius 2 is 1.84 bits per heavy atom. The molecule has 5 N–H and O–H groups in total. The highest BCUT2D eigenvalue weighted by Crippen LogP contribution is 2.60. The standard InChI is InChI=1S/C18H32IN2O9P/c1-5-17(4,30-31(27,28)18(26,6-2)7-3)8-9-29-15(13(23)11-22)21-10-12(19)14(24)20-16(21)25/h10,13,15,22-23,26H,5-9,11H2,1-4H3,(H,27,28)(H,20,24,25)/t13-,15-,17?/m1/s1. The number of hydrogen-bond donors (Lipinski definition) is 5. The summed E-state index contributed by atoms with van der Waals surface area (Å²) in [7, 11) is -4.40. The van der Waals surface area contributed by atoms with Gasteiger partial charge in [0.2, 0.25) is 0 Å². The first-order chi connectivity index (χ1) is 14.3. The number of ether oxygens (including phenoxy) is 1. The summed E-state index contributed by atoms with van der Waals surface area (Å²) in [6, 6.07) is 0. The van der Waals surface area contributed by atoms with Gasteiger partial charge in [0.05, 0.1) is 22.4 Å². The first-order valence-corrected chi connectivity index (χ1v) is 12.6. The number of aromatic amines is 1. The quantitative estimate of drug-likeness (QED) is 0.171. The van der Waals surface area contributed by atoms with Gasteiger partial charge < -0.3 is 29.5 Å². The van der Waals surface area contributed by atoms with Crippen molar-refractivity contribution in [1.29, 1.82) is 0 Å². The summed E-state index contributed by atoms with van der Waals surface area (Å²) in [6.07, 6.45) is -1.12. The minimum atomic E-state index is -4.40. The van der Waals surface area contributed by atoms with Gasteiger partial charge in [-0.2, -0.15) is 0 Å². The first-order valence-electron chi connectivity index (χ1n) is 9.97. The van der Waals surface area contributed by atoms with E-state index in [-0.39, 0.29) is 29.4 Å². The fourth-order valence-electron chi connectivity index (χ4n) is 2.83. The smallest absolute Gasteiger partial charge is 0.359 e. The molecule has 0 aliphatic heterocycles. The molecule has 0 amide bonds. The van der Waals surface area contributed by atoms with Crippen molar-refractivity contribution in [3.8, 4) is 0 Å². The maximum atomic E-state index is 12.7. The van der Waals surface area contributed by atoms with Gasteiger partial charge in [0.25, 0.3) is 5.56 Å². The van der Waals surface area contributed by atoms with Crippen LogP contribution in [0.3, 0.4) is 0 Å². The van der Waals surface area contributed by atoms with Crippen LogP contribution in [0.5, 0.6) is 0 Å². The van der Waals surface area contributed by atoms with Crippen LogP contribution >= 0.6 is 30.2 Å². The third kappa shape index (κ3) is 6.94. The molecule has 13 heteroatoms. The highest BCUT2D eigenvalue weighted by molar-refractivity contribution is 14.1. The lowest BCUT2D eigenvalue weighted by Crippen LogP contribution is -2.41. The number of aliphatic hydroxyl groups excluding tert-OH is 2. The third-order valence-electron chi connectivity index (χ3n) is 5.38. The average Bonchev–Trinajstić information content (AvgIpc) is 2.72. The van der Waals surface area contributed by atoms with Crippen LogP contribution in [-0.4, -0.2) is 60.0 Å². The molecule has 1 rings (SSSR count). The molecular formula is C18H32IN2O9P. The molecule has 4 atom stereocenters. The third-order valence-corrected chi connectivity index (χ3v) is 8.53. The van der Waals surface area contributed by atoms with Crippen LogP contribution < -0.4 is 11.2 Å². The van der Waals surface area contributed by atoms with Crippen LogP contribution in [0.4, 0.5) is 0 Å². The molecule has 0 aliphatic rings. The maximum absolute atomic E-state index is 12.7. The Labute approximate surface area is 194 Å². The van der Waals surface area contributed by atoms with E-state index in [0.717, 1.165) is 4.57 Å². The zero-order valence-corrected chi connectivity index (χ0v) is 21.1. The summed E-state index contributed by atoms with van der Waals surface area (Å²) in [5.74, 6) is 0. The first kappa shape index (κ1) is 28.4. The fraction of sp³-hybridized carbons (Fsp3) is 0.778. The Kier molecular flexibility index (Phi) is 10.6. The minimum absolute atomic E-state index is 0.0338. The van der Waals surface area contributed by atoms with Gasteiger partial charge in [-0.3, -0.25) is 18.9 Å². The minimum Gasteiger partial charge on any atom is -0.394 e. The van der Waals surface area contributed by atoms with Crippen molar-refractivity contribution >= 4 is 30.2 Å². The number of aromatic nitrogens is 2. The average molecular weight is 578 g/mol. The monoisotopic (exact) mass is 578 g/mol. The Hall–Kier alpha value is -0.600. The van der Waals surface area contributed by atoms with Gasteiger partial charge in [-0.05, 0) is 48.8 Å². The highest BCUT2D eigenvalue weighted by Gasteiger charge is 2.48. The molecular weight excluding hydrogens is 546 g/mol. The molecule has 0 aliphatic carbocycles. The number of aliphatic hydroxyl groups is 3. The van der Waals surface area contributed by atoms with Gasteiger partial charge in [-0.25, -0.2) is 4.79 Å². The molecule has 31 heavy (non-hydrogen) atoms. The van der Waals surface area contributed by atoms with Gasteiger partial charge in [-0.15, -0.1) is 0 Å². The summed E-state index contributed by atoms with van der Waals surface area (Å²) in [5.41, 5.74) is -2.57. The molecule has 1 aromatic heterocycles. The van der Waals surface area contributed by atoms with E-state index in [0.29, 0.717) is 6.42 Å². The van der Waals surface area contributed by atoms with E-state index in [1.807, 2.05) is 0 Å². The second-order valence-corrected chi connectivity index (χ2v) is 10.7. The van der Waals surface area contributed by atoms with Crippen molar-refractivity contribution in [3.63, 3.8) is 0 Å². The van der Waals surface area contributed by atoms with Crippen molar-refractivity contribution in [2.75, 3.05) is 13.2 Å². The molecule has 1 aromatic rings.